The first-order valence-corrected chi connectivity index (χ1v) is 9.00. The van der Waals surface area contributed by atoms with Gasteiger partial charge in [0.25, 0.3) is 0 Å². The summed E-state index contributed by atoms with van der Waals surface area (Å²) in [6.07, 6.45) is 8.21. The molecule has 3 nitrogen and oxygen atoms in total. The first kappa shape index (κ1) is 15.7. The molecule has 2 fully saturated rings. The Morgan fingerprint density at radius 1 is 1.14 bits per heavy atom. The van der Waals surface area contributed by atoms with E-state index in [9.17, 15) is 0 Å². The molecule has 1 heterocycles. The van der Waals surface area contributed by atoms with Crippen LogP contribution in [0.5, 0.6) is 5.75 Å². The summed E-state index contributed by atoms with van der Waals surface area (Å²) in [5, 5.41) is 3.59. The third-order valence-corrected chi connectivity index (χ3v) is 4.51. The molecule has 1 saturated heterocycles. The highest BCUT2D eigenvalue weighted by molar-refractivity contribution is 5.60. The number of hydrogen-bond acceptors (Lipinski definition) is 3. The molecule has 0 spiro atoms. The minimum atomic E-state index is 0.220. The summed E-state index contributed by atoms with van der Waals surface area (Å²) in [5.41, 5.74) is 2.62. The molecule has 22 heavy (non-hydrogen) atoms. The van der Waals surface area contributed by atoms with Gasteiger partial charge < -0.3 is 15.0 Å². The molecule has 122 valence electrons. The van der Waals surface area contributed by atoms with Gasteiger partial charge in [-0.15, -0.1) is 0 Å². The lowest BCUT2D eigenvalue weighted by Crippen LogP contribution is -2.25. The lowest BCUT2D eigenvalue weighted by molar-refractivity contribution is 0.242. The van der Waals surface area contributed by atoms with E-state index in [1.807, 2.05) is 0 Å². The van der Waals surface area contributed by atoms with Crippen LogP contribution in [0.25, 0.3) is 0 Å². The topological polar surface area (TPSA) is 24.5 Å². The minimum Gasteiger partial charge on any atom is -0.489 e. The Balaban J connectivity index is 1.76. The Morgan fingerprint density at radius 2 is 1.86 bits per heavy atom. The molecule has 0 amide bonds. The fourth-order valence-electron chi connectivity index (χ4n) is 3.14. The quantitative estimate of drug-likeness (QED) is 0.856. The van der Waals surface area contributed by atoms with Crippen LogP contribution in [0.3, 0.4) is 0 Å². The van der Waals surface area contributed by atoms with Crippen molar-refractivity contribution in [1.29, 1.82) is 0 Å². The molecule has 0 radical (unpaired) electrons. The van der Waals surface area contributed by atoms with E-state index in [1.54, 1.807) is 0 Å². The number of anilines is 1. The molecule has 2 aliphatic rings. The summed E-state index contributed by atoms with van der Waals surface area (Å²) < 4.78 is 6.13. The normalized spacial score (nSPS) is 19.3. The van der Waals surface area contributed by atoms with Crippen LogP contribution < -0.4 is 15.0 Å². The first-order chi connectivity index (χ1) is 10.7. The molecule has 1 aliphatic heterocycles. The predicted molar refractivity (Wildman–Crippen MR) is 92.7 cm³/mol. The molecule has 3 heteroatoms. The lowest BCUT2D eigenvalue weighted by Gasteiger charge is -2.26. The Hall–Kier alpha value is -1.22. The van der Waals surface area contributed by atoms with Gasteiger partial charge in [0.1, 0.15) is 5.75 Å². The maximum atomic E-state index is 6.13. The zero-order chi connectivity index (χ0) is 15.4. The van der Waals surface area contributed by atoms with Gasteiger partial charge in [0.15, 0.2) is 0 Å². The third-order valence-electron chi connectivity index (χ3n) is 4.51. The highest BCUT2D eigenvalue weighted by Gasteiger charge is 2.21. The van der Waals surface area contributed by atoms with Crippen molar-refractivity contribution in [3.8, 4) is 5.75 Å². The van der Waals surface area contributed by atoms with Gasteiger partial charge >= 0.3 is 0 Å². The van der Waals surface area contributed by atoms with Crippen LogP contribution in [0, 0.1) is 0 Å². The van der Waals surface area contributed by atoms with Gasteiger partial charge in [-0.05, 0) is 57.2 Å². The SMILES string of the molecule is CC(C)Oc1cc(CNC2CC2)ccc1N1CCCCCC1. The lowest BCUT2D eigenvalue weighted by atomic mass is 10.1. The van der Waals surface area contributed by atoms with Crippen LogP contribution in [-0.4, -0.2) is 25.2 Å². The van der Waals surface area contributed by atoms with Gasteiger partial charge in [0.2, 0.25) is 0 Å². The Morgan fingerprint density at radius 3 is 2.50 bits per heavy atom. The molecule has 0 atom stereocenters. The average Bonchev–Trinajstić information content (AvgIpc) is 3.32. The average molecular weight is 302 g/mol. The van der Waals surface area contributed by atoms with Crippen molar-refractivity contribution in [2.24, 2.45) is 0 Å². The van der Waals surface area contributed by atoms with Crippen molar-refractivity contribution in [3.63, 3.8) is 0 Å². The summed E-state index contributed by atoms with van der Waals surface area (Å²) in [6, 6.07) is 7.53. The zero-order valence-electron chi connectivity index (χ0n) is 14.1. The number of benzene rings is 1. The van der Waals surface area contributed by atoms with E-state index in [-0.39, 0.29) is 6.10 Å². The van der Waals surface area contributed by atoms with E-state index < -0.39 is 0 Å². The predicted octanol–water partition coefficient (Wildman–Crippen LogP) is 4.11. The molecule has 0 bridgehead atoms. The number of ether oxygens (including phenoxy) is 1. The highest BCUT2D eigenvalue weighted by Crippen LogP contribution is 2.32. The van der Waals surface area contributed by atoms with Crippen molar-refractivity contribution in [1.82, 2.24) is 5.32 Å². The largest absolute Gasteiger partial charge is 0.489 e. The van der Waals surface area contributed by atoms with Crippen LogP contribution in [-0.2, 0) is 6.54 Å². The summed E-state index contributed by atoms with van der Waals surface area (Å²) >= 11 is 0. The second kappa shape index (κ2) is 7.36. The van der Waals surface area contributed by atoms with Crippen molar-refractivity contribution < 1.29 is 4.74 Å². The van der Waals surface area contributed by atoms with E-state index in [0.717, 1.165) is 31.4 Å². The maximum absolute atomic E-state index is 6.13. The minimum absolute atomic E-state index is 0.220. The van der Waals surface area contributed by atoms with Crippen LogP contribution in [0.2, 0.25) is 0 Å². The molecule has 1 saturated carbocycles. The van der Waals surface area contributed by atoms with E-state index in [2.05, 4.69) is 42.3 Å². The van der Waals surface area contributed by atoms with Gasteiger partial charge in [-0.3, -0.25) is 0 Å². The molecular weight excluding hydrogens is 272 g/mol. The van der Waals surface area contributed by atoms with Crippen molar-refractivity contribution in [2.75, 3.05) is 18.0 Å². The fourth-order valence-corrected chi connectivity index (χ4v) is 3.14. The molecule has 1 aromatic carbocycles. The Kier molecular flexibility index (Phi) is 5.24. The van der Waals surface area contributed by atoms with Crippen molar-refractivity contribution in [3.05, 3.63) is 23.8 Å². The molecule has 1 aromatic rings. The highest BCUT2D eigenvalue weighted by atomic mass is 16.5. The second-order valence-corrected chi connectivity index (χ2v) is 7.03. The third kappa shape index (κ3) is 4.39. The van der Waals surface area contributed by atoms with Crippen LogP contribution >= 0.6 is 0 Å². The molecule has 0 unspecified atom stereocenters. The standard InChI is InChI=1S/C19H30N2O/c1-15(2)22-19-13-16(14-20-17-8-9-17)7-10-18(19)21-11-5-3-4-6-12-21/h7,10,13,15,17,20H,3-6,8-9,11-12,14H2,1-2H3. The molecule has 1 N–H and O–H groups in total. The van der Waals surface area contributed by atoms with Gasteiger partial charge in [0, 0.05) is 25.7 Å². The van der Waals surface area contributed by atoms with Gasteiger partial charge in [-0.1, -0.05) is 18.9 Å². The van der Waals surface area contributed by atoms with E-state index in [4.69, 9.17) is 4.74 Å². The van der Waals surface area contributed by atoms with Crippen LogP contribution in [0.1, 0.15) is 57.9 Å². The first-order valence-electron chi connectivity index (χ1n) is 9.00. The number of nitrogens with one attached hydrogen (secondary N) is 1. The van der Waals surface area contributed by atoms with Crippen molar-refractivity contribution in [2.45, 2.75) is 71.1 Å². The molecular formula is C19H30N2O. The number of rotatable bonds is 6. The van der Waals surface area contributed by atoms with Crippen LogP contribution in [0.4, 0.5) is 5.69 Å². The summed E-state index contributed by atoms with van der Waals surface area (Å²) in [4.78, 5) is 2.52. The number of nitrogens with zero attached hydrogens (tertiary/aromatic N) is 1. The van der Waals surface area contributed by atoms with Crippen molar-refractivity contribution >= 4 is 5.69 Å². The van der Waals surface area contributed by atoms with Gasteiger partial charge in [0.05, 0.1) is 11.8 Å². The summed E-state index contributed by atoms with van der Waals surface area (Å²) in [5.74, 6) is 1.06. The molecule has 3 rings (SSSR count). The summed E-state index contributed by atoms with van der Waals surface area (Å²) in [7, 11) is 0. The zero-order valence-corrected chi connectivity index (χ0v) is 14.1. The molecule has 0 aromatic heterocycles. The number of hydrogen-bond donors (Lipinski definition) is 1. The van der Waals surface area contributed by atoms with Gasteiger partial charge in [-0.25, -0.2) is 0 Å². The fraction of sp³-hybridized carbons (Fsp3) is 0.684. The van der Waals surface area contributed by atoms with Gasteiger partial charge in [-0.2, -0.15) is 0 Å². The molecule has 1 aliphatic carbocycles. The smallest absolute Gasteiger partial charge is 0.143 e. The van der Waals surface area contributed by atoms with E-state index in [1.165, 1.54) is 49.8 Å². The van der Waals surface area contributed by atoms with E-state index in [0.29, 0.717) is 0 Å². The Labute approximate surface area is 135 Å². The summed E-state index contributed by atoms with van der Waals surface area (Å²) in [6.45, 7) is 7.50. The van der Waals surface area contributed by atoms with E-state index >= 15 is 0 Å². The Bertz CT molecular complexity index is 474. The second-order valence-electron chi connectivity index (χ2n) is 7.03. The monoisotopic (exact) mass is 302 g/mol. The van der Waals surface area contributed by atoms with Crippen LogP contribution in [0.15, 0.2) is 18.2 Å². The maximum Gasteiger partial charge on any atom is 0.143 e.